The van der Waals surface area contributed by atoms with E-state index in [0.717, 1.165) is 17.7 Å². The molecule has 206 valence electrons. The second kappa shape index (κ2) is 14.9. The van der Waals surface area contributed by atoms with Gasteiger partial charge in [-0.25, -0.2) is 14.2 Å². The molecule has 38 heavy (non-hydrogen) atoms. The molecule has 0 radical (unpaired) electrons. The van der Waals surface area contributed by atoms with Crippen molar-refractivity contribution in [2.45, 2.75) is 54.0 Å². The van der Waals surface area contributed by atoms with E-state index in [1.165, 1.54) is 11.0 Å². The number of aryl methyl sites for hydroxylation is 2. The van der Waals surface area contributed by atoms with Crippen LogP contribution >= 0.6 is 0 Å². The van der Waals surface area contributed by atoms with Crippen LogP contribution in [-0.2, 0) is 4.79 Å². The van der Waals surface area contributed by atoms with Gasteiger partial charge in [0.15, 0.2) is 0 Å². The minimum absolute atomic E-state index is 0.00376. The topological polar surface area (TPSA) is 108 Å². The Hall–Kier alpha value is -3.72. The molecule has 0 aliphatic carbocycles. The summed E-state index contributed by atoms with van der Waals surface area (Å²) in [5, 5.41) is 11.0. The number of amides is 3. The number of urea groups is 1. The van der Waals surface area contributed by atoms with Gasteiger partial charge < -0.3 is 20.1 Å². The second-order valence-electron chi connectivity index (χ2n) is 8.72. The summed E-state index contributed by atoms with van der Waals surface area (Å²) < 4.78 is 19.5. The standard InChI is InChI=1S/C19H23FN4O2.C8H10O2.C2H6/c1-5-11(3)17(24-15(25)9-21-19(24)26)18-22-12(4)16(23-18)13-7-6-10(2)8-14(13)20;9-6-7-10-8-4-2-1-3-5-8;1-2/h6-8,11,17H,5,9H2,1-4H3,(H,21,26)(H,22,23);1-5,9H,6-7H2;1-2H3/t11?,17-;;/m0../s1. The van der Waals surface area contributed by atoms with Gasteiger partial charge in [0.2, 0.25) is 0 Å². The van der Waals surface area contributed by atoms with Crippen LogP contribution in [-0.4, -0.2) is 51.7 Å². The molecule has 0 bridgehead atoms. The van der Waals surface area contributed by atoms with Crippen molar-refractivity contribution in [1.29, 1.82) is 0 Å². The predicted molar refractivity (Wildman–Crippen MR) is 146 cm³/mol. The molecule has 3 amide bonds. The molecule has 1 saturated heterocycles. The third-order valence-electron chi connectivity index (χ3n) is 6.01. The van der Waals surface area contributed by atoms with E-state index in [1.54, 1.807) is 6.07 Å². The number of aliphatic hydroxyl groups is 1. The molecule has 1 fully saturated rings. The highest BCUT2D eigenvalue weighted by molar-refractivity contribution is 6.02. The number of carbonyl (C=O) groups excluding carboxylic acids is 2. The van der Waals surface area contributed by atoms with Crippen LogP contribution in [0.25, 0.3) is 11.3 Å². The van der Waals surface area contributed by atoms with Crippen LogP contribution in [0.2, 0.25) is 0 Å². The first kappa shape index (κ1) is 30.5. The summed E-state index contributed by atoms with van der Waals surface area (Å²) in [6, 6.07) is 13.5. The molecule has 4 rings (SSSR count). The SMILES string of the molecule is CC.CCC(C)[C@@H](c1nc(-c2ccc(C)cc2F)c(C)[nH]1)N1C(=O)CNC1=O.OCCOc1ccccc1. The minimum atomic E-state index is -0.518. The highest BCUT2D eigenvalue weighted by Crippen LogP contribution is 2.34. The molecule has 1 aliphatic rings. The predicted octanol–water partition coefficient (Wildman–Crippen LogP) is 5.56. The van der Waals surface area contributed by atoms with Crippen LogP contribution in [0.3, 0.4) is 0 Å². The Bertz CT molecular complexity index is 1170. The van der Waals surface area contributed by atoms with Crippen molar-refractivity contribution in [2.24, 2.45) is 5.92 Å². The normalized spacial score (nSPS) is 14.1. The van der Waals surface area contributed by atoms with Gasteiger partial charge in [-0.3, -0.25) is 9.69 Å². The molecule has 3 N–H and O–H groups in total. The average molecular weight is 527 g/mol. The fourth-order valence-electron chi connectivity index (χ4n) is 3.96. The Morgan fingerprint density at radius 1 is 1.13 bits per heavy atom. The number of nitrogens with zero attached hydrogens (tertiary/aromatic N) is 2. The molecule has 2 aromatic carbocycles. The van der Waals surface area contributed by atoms with Crippen molar-refractivity contribution in [2.75, 3.05) is 19.8 Å². The lowest BCUT2D eigenvalue weighted by atomic mass is 9.97. The smallest absolute Gasteiger partial charge is 0.325 e. The van der Waals surface area contributed by atoms with Gasteiger partial charge >= 0.3 is 6.03 Å². The van der Waals surface area contributed by atoms with Gasteiger partial charge in [0.1, 0.15) is 30.0 Å². The van der Waals surface area contributed by atoms with E-state index in [-0.39, 0.29) is 30.8 Å². The number of para-hydroxylation sites is 1. The number of halogens is 1. The molecule has 3 aromatic rings. The summed E-state index contributed by atoms with van der Waals surface area (Å²) >= 11 is 0. The maximum Gasteiger partial charge on any atom is 0.325 e. The second-order valence-corrected chi connectivity index (χ2v) is 8.72. The zero-order valence-corrected chi connectivity index (χ0v) is 23.0. The molecule has 1 aromatic heterocycles. The first-order valence-corrected chi connectivity index (χ1v) is 13.0. The number of imide groups is 1. The monoisotopic (exact) mass is 526 g/mol. The molecular formula is C29H39FN4O4. The van der Waals surface area contributed by atoms with Crippen molar-refractivity contribution in [3.8, 4) is 17.0 Å². The molecule has 0 spiro atoms. The molecule has 1 unspecified atom stereocenters. The van der Waals surface area contributed by atoms with Gasteiger partial charge in [-0.1, -0.05) is 58.4 Å². The molecule has 0 saturated carbocycles. The third-order valence-corrected chi connectivity index (χ3v) is 6.01. The average Bonchev–Trinajstić information content (AvgIpc) is 3.46. The van der Waals surface area contributed by atoms with Crippen molar-refractivity contribution >= 4 is 11.9 Å². The van der Waals surface area contributed by atoms with Gasteiger partial charge in [-0.15, -0.1) is 0 Å². The molecule has 2 atom stereocenters. The van der Waals surface area contributed by atoms with Gasteiger partial charge in [0.05, 0.1) is 18.8 Å². The highest BCUT2D eigenvalue weighted by atomic mass is 19.1. The minimum Gasteiger partial charge on any atom is -0.491 e. The Labute approximate surface area is 224 Å². The van der Waals surface area contributed by atoms with Gasteiger partial charge in [0.25, 0.3) is 5.91 Å². The zero-order chi connectivity index (χ0) is 28.2. The largest absolute Gasteiger partial charge is 0.491 e. The van der Waals surface area contributed by atoms with Gasteiger partial charge in [-0.2, -0.15) is 0 Å². The number of hydrogen-bond acceptors (Lipinski definition) is 5. The Morgan fingerprint density at radius 3 is 2.37 bits per heavy atom. The number of hydrogen-bond donors (Lipinski definition) is 3. The summed E-state index contributed by atoms with van der Waals surface area (Å²) in [7, 11) is 0. The van der Waals surface area contributed by atoms with Crippen LogP contribution in [0.15, 0.2) is 48.5 Å². The highest BCUT2D eigenvalue weighted by Gasteiger charge is 2.40. The molecule has 9 heteroatoms. The van der Waals surface area contributed by atoms with E-state index < -0.39 is 12.1 Å². The number of aliphatic hydroxyl groups excluding tert-OH is 1. The summed E-state index contributed by atoms with van der Waals surface area (Å²) in [6.45, 7) is 12.0. The van der Waals surface area contributed by atoms with E-state index in [9.17, 15) is 14.0 Å². The summed E-state index contributed by atoms with van der Waals surface area (Å²) in [5.41, 5.74) is 2.42. The zero-order valence-electron chi connectivity index (χ0n) is 23.0. The van der Waals surface area contributed by atoms with Crippen molar-refractivity contribution < 1.29 is 23.8 Å². The lowest BCUT2D eigenvalue weighted by Gasteiger charge is -2.28. The first-order valence-electron chi connectivity index (χ1n) is 13.0. The quantitative estimate of drug-likeness (QED) is 0.333. The fourth-order valence-corrected chi connectivity index (χ4v) is 3.96. The van der Waals surface area contributed by atoms with E-state index in [2.05, 4.69) is 15.3 Å². The number of nitrogens with one attached hydrogen (secondary N) is 2. The van der Waals surface area contributed by atoms with E-state index in [0.29, 0.717) is 29.4 Å². The third kappa shape index (κ3) is 7.64. The summed E-state index contributed by atoms with van der Waals surface area (Å²) in [5.74, 6) is 0.677. The lowest BCUT2D eigenvalue weighted by Crippen LogP contribution is -2.38. The number of aromatic amines is 1. The van der Waals surface area contributed by atoms with Crippen LogP contribution in [0, 0.1) is 25.6 Å². The van der Waals surface area contributed by atoms with E-state index in [1.807, 2.05) is 77.9 Å². The van der Waals surface area contributed by atoms with Gasteiger partial charge in [-0.05, 0) is 49.6 Å². The molecule has 8 nitrogen and oxygen atoms in total. The van der Waals surface area contributed by atoms with E-state index in [4.69, 9.17) is 9.84 Å². The van der Waals surface area contributed by atoms with Gasteiger partial charge in [0, 0.05) is 11.3 Å². The summed E-state index contributed by atoms with van der Waals surface area (Å²) in [6.07, 6.45) is 0.760. The van der Waals surface area contributed by atoms with Crippen LogP contribution in [0.1, 0.15) is 57.2 Å². The first-order chi connectivity index (χ1) is 18.3. The number of ether oxygens (including phenoxy) is 1. The molecule has 1 aliphatic heterocycles. The number of H-pyrrole nitrogens is 1. The maximum atomic E-state index is 14.4. The Morgan fingerprint density at radius 2 is 1.82 bits per heavy atom. The van der Waals surface area contributed by atoms with E-state index >= 15 is 0 Å². The van der Waals surface area contributed by atoms with Crippen LogP contribution in [0.5, 0.6) is 5.75 Å². The van der Waals surface area contributed by atoms with Crippen LogP contribution in [0.4, 0.5) is 9.18 Å². The number of benzene rings is 2. The molecule has 2 heterocycles. The Balaban J connectivity index is 0.000000353. The lowest BCUT2D eigenvalue weighted by molar-refractivity contribution is -0.127. The summed E-state index contributed by atoms with van der Waals surface area (Å²) in [4.78, 5) is 33.4. The number of rotatable bonds is 8. The van der Waals surface area contributed by atoms with Crippen molar-refractivity contribution in [3.63, 3.8) is 0 Å². The Kier molecular flexibility index (Phi) is 11.9. The number of carbonyl (C=O) groups is 2. The van der Waals surface area contributed by atoms with Crippen molar-refractivity contribution in [1.82, 2.24) is 20.2 Å². The fraction of sp³-hybridized carbons (Fsp3) is 0.414. The van der Waals surface area contributed by atoms with Crippen molar-refractivity contribution in [3.05, 3.63) is 71.4 Å². The number of aromatic nitrogens is 2. The molecular weight excluding hydrogens is 487 g/mol. The maximum absolute atomic E-state index is 14.4. The number of imidazole rings is 1. The van der Waals surface area contributed by atoms with Crippen LogP contribution < -0.4 is 10.1 Å².